The highest BCUT2D eigenvalue weighted by atomic mass is 32.1. The van der Waals surface area contributed by atoms with Crippen LogP contribution < -0.4 is 11.0 Å². The highest BCUT2D eigenvalue weighted by Gasteiger charge is 2.19. The third-order valence-corrected chi connectivity index (χ3v) is 5.38. The molecule has 0 unspecified atom stereocenters. The SMILES string of the molecule is O=c1[nH]nc(CCCNc2ncnc3sc4c(c23)CCCC4)[nH]1. The van der Waals surface area contributed by atoms with E-state index in [1.165, 1.54) is 35.1 Å². The van der Waals surface area contributed by atoms with Crippen molar-refractivity contribution in [1.82, 2.24) is 25.1 Å². The van der Waals surface area contributed by atoms with Crippen molar-refractivity contribution in [3.63, 3.8) is 0 Å². The zero-order valence-electron chi connectivity index (χ0n) is 12.7. The molecule has 3 heterocycles. The minimum Gasteiger partial charge on any atom is -0.369 e. The molecule has 23 heavy (non-hydrogen) atoms. The van der Waals surface area contributed by atoms with Gasteiger partial charge in [0, 0.05) is 17.8 Å². The molecule has 3 N–H and O–H groups in total. The molecule has 0 aromatic carbocycles. The van der Waals surface area contributed by atoms with Gasteiger partial charge in [0.15, 0.2) is 0 Å². The van der Waals surface area contributed by atoms with E-state index in [1.54, 1.807) is 6.33 Å². The molecule has 0 amide bonds. The van der Waals surface area contributed by atoms with Crippen molar-refractivity contribution >= 4 is 27.4 Å². The Morgan fingerprint density at radius 2 is 2.17 bits per heavy atom. The second-order valence-corrected chi connectivity index (χ2v) is 6.85. The molecule has 0 radical (unpaired) electrons. The van der Waals surface area contributed by atoms with Crippen molar-refractivity contribution in [2.75, 3.05) is 11.9 Å². The predicted octanol–water partition coefficient (Wildman–Crippen LogP) is 2.03. The summed E-state index contributed by atoms with van der Waals surface area (Å²) in [5, 5.41) is 10.9. The van der Waals surface area contributed by atoms with Gasteiger partial charge in [0.2, 0.25) is 0 Å². The molecule has 0 atom stereocenters. The van der Waals surface area contributed by atoms with Crippen LogP contribution in [0.1, 0.15) is 35.5 Å². The molecule has 7 nitrogen and oxygen atoms in total. The van der Waals surface area contributed by atoms with Gasteiger partial charge in [0.1, 0.15) is 22.8 Å². The van der Waals surface area contributed by atoms with Gasteiger partial charge in [0.05, 0.1) is 5.39 Å². The summed E-state index contributed by atoms with van der Waals surface area (Å²) in [6, 6.07) is 0. The summed E-state index contributed by atoms with van der Waals surface area (Å²) in [6.07, 6.45) is 8.06. The Morgan fingerprint density at radius 1 is 1.26 bits per heavy atom. The third-order valence-electron chi connectivity index (χ3n) is 4.18. The molecule has 0 saturated heterocycles. The van der Waals surface area contributed by atoms with E-state index in [0.717, 1.165) is 36.5 Å². The number of aromatic nitrogens is 5. The number of nitrogens with one attached hydrogen (secondary N) is 3. The molecule has 1 aliphatic carbocycles. The van der Waals surface area contributed by atoms with Crippen molar-refractivity contribution in [3.8, 4) is 0 Å². The maximum absolute atomic E-state index is 11.0. The van der Waals surface area contributed by atoms with Gasteiger partial charge in [0.25, 0.3) is 0 Å². The summed E-state index contributed by atoms with van der Waals surface area (Å²) >= 11 is 1.81. The van der Waals surface area contributed by atoms with E-state index in [-0.39, 0.29) is 5.69 Å². The average Bonchev–Trinajstić information content (AvgIpc) is 3.15. The molecular weight excluding hydrogens is 312 g/mol. The molecule has 1 aliphatic rings. The van der Waals surface area contributed by atoms with E-state index < -0.39 is 0 Å². The second kappa shape index (κ2) is 6.11. The van der Waals surface area contributed by atoms with E-state index in [0.29, 0.717) is 5.82 Å². The van der Waals surface area contributed by atoms with Gasteiger partial charge in [-0.05, 0) is 37.7 Å². The van der Waals surface area contributed by atoms with Gasteiger partial charge in [-0.3, -0.25) is 4.98 Å². The van der Waals surface area contributed by atoms with Crippen LogP contribution in [-0.4, -0.2) is 31.7 Å². The summed E-state index contributed by atoms with van der Waals surface area (Å²) in [6.45, 7) is 0.783. The van der Waals surface area contributed by atoms with E-state index >= 15 is 0 Å². The quantitative estimate of drug-likeness (QED) is 0.622. The lowest BCUT2D eigenvalue weighted by molar-refractivity contribution is 0.700. The Kier molecular flexibility index (Phi) is 3.82. The van der Waals surface area contributed by atoms with Crippen LogP contribution in [0.4, 0.5) is 5.82 Å². The largest absolute Gasteiger partial charge is 0.369 e. The number of hydrogen-bond donors (Lipinski definition) is 3. The zero-order valence-corrected chi connectivity index (χ0v) is 13.5. The minimum atomic E-state index is -0.254. The van der Waals surface area contributed by atoms with Gasteiger partial charge in [-0.2, -0.15) is 5.10 Å². The standard InChI is InChI=1S/C15H18N6OS/c22-15-19-11(20-21-15)6-3-7-16-13-12-9-4-1-2-5-10(9)23-14(12)18-8-17-13/h8H,1-7H2,(H,16,17,18)(H2,19,20,21,22). The second-order valence-electron chi connectivity index (χ2n) is 5.77. The molecule has 0 spiro atoms. The first-order valence-corrected chi connectivity index (χ1v) is 8.75. The highest BCUT2D eigenvalue weighted by molar-refractivity contribution is 7.19. The van der Waals surface area contributed by atoms with Gasteiger partial charge < -0.3 is 5.32 Å². The fourth-order valence-corrected chi connectivity index (χ4v) is 4.34. The highest BCUT2D eigenvalue weighted by Crippen LogP contribution is 2.37. The molecule has 8 heteroatoms. The van der Waals surface area contributed by atoms with Gasteiger partial charge in [-0.15, -0.1) is 11.3 Å². The monoisotopic (exact) mass is 330 g/mol. The van der Waals surface area contributed by atoms with Crippen LogP contribution in [0, 0.1) is 0 Å². The molecule has 4 rings (SSSR count). The summed E-state index contributed by atoms with van der Waals surface area (Å²) < 4.78 is 0. The van der Waals surface area contributed by atoms with E-state index in [9.17, 15) is 4.79 Å². The van der Waals surface area contributed by atoms with Gasteiger partial charge in [-0.1, -0.05) is 0 Å². The summed E-state index contributed by atoms with van der Waals surface area (Å²) in [5.41, 5.74) is 1.19. The molecular formula is C15H18N6OS. The first-order chi connectivity index (χ1) is 11.3. The van der Waals surface area contributed by atoms with Crippen LogP contribution in [-0.2, 0) is 19.3 Å². The Labute approximate surface area is 136 Å². The van der Waals surface area contributed by atoms with E-state index in [1.807, 2.05) is 11.3 Å². The van der Waals surface area contributed by atoms with Crippen LogP contribution in [0.3, 0.4) is 0 Å². The lowest BCUT2D eigenvalue weighted by Crippen LogP contribution is -2.07. The zero-order chi connectivity index (χ0) is 15.6. The van der Waals surface area contributed by atoms with Crippen LogP contribution in [0.15, 0.2) is 11.1 Å². The molecule has 0 bridgehead atoms. The Hall–Kier alpha value is -2.22. The maximum Gasteiger partial charge on any atom is 0.340 e. The summed E-state index contributed by atoms with van der Waals surface area (Å²) in [7, 11) is 0. The predicted molar refractivity (Wildman–Crippen MR) is 90.1 cm³/mol. The van der Waals surface area contributed by atoms with Crippen molar-refractivity contribution in [1.29, 1.82) is 0 Å². The number of nitrogens with zero attached hydrogens (tertiary/aromatic N) is 3. The smallest absolute Gasteiger partial charge is 0.340 e. The Balaban J connectivity index is 1.48. The first-order valence-electron chi connectivity index (χ1n) is 7.94. The lowest BCUT2D eigenvalue weighted by Gasteiger charge is -2.12. The molecule has 3 aromatic rings. The minimum absolute atomic E-state index is 0.254. The number of fused-ring (bicyclic) bond motifs is 3. The maximum atomic E-state index is 11.0. The van der Waals surface area contributed by atoms with Crippen LogP contribution in [0.2, 0.25) is 0 Å². The number of anilines is 1. The topological polar surface area (TPSA) is 99.3 Å². The third kappa shape index (κ3) is 2.86. The van der Waals surface area contributed by atoms with Crippen molar-refractivity contribution in [2.24, 2.45) is 0 Å². The number of H-pyrrole nitrogens is 2. The number of rotatable bonds is 5. The summed E-state index contributed by atoms with van der Waals surface area (Å²) in [4.78, 5) is 25.1. The number of hydrogen-bond acceptors (Lipinski definition) is 6. The first kappa shape index (κ1) is 14.4. The fraction of sp³-hybridized carbons (Fsp3) is 0.467. The number of aryl methyl sites for hydroxylation is 3. The van der Waals surface area contributed by atoms with Crippen molar-refractivity contribution in [2.45, 2.75) is 38.5 Å². The number of aromatic amines is 2. The normalized spacial score (nSPS) is 14.1. The molecule has 120 valence electrons. The molecule has 0 saturated carbocycles. The molecule has 0 fully saturated rings. The van der Waals surface area contributed by atoms with Crippen LogP contribution in [0.5, 0.6) is 0 Å². The van der Waals surface area contributed by atoms with Gasteiger partial charge >= 0.3 is 5.69 Å². The molecule has 3 aromatic heterocycles. The molecule has 0 aliphatic heterocycles. The summed E-state index contributed by atoms with van der Waals surface area (Å²) in [5.74, 6) is 1.63. The lowest BCUT2D eigenvalue weighted by atomic mass is 9.97. The van der Waals surface area contributed by atoms with Crippen LogP contribution >= 0.6 is 11.3 Å². The average molecular weight is 330 g/mol. The Bertz CT molecular complexity index is 880. The van der Waals surface area contributed by atoms with Crippen molar-refractivity contribution < 1.29 is 0 Å². The van der Waals surface area contributed by atoms with Crippen LogP contribution in [0.25, 0.3) is 10.2 Å². The van der Waals surface area contributed by atoms with E-state index in [4.69, 9.17) is 0 Å². The fourth-order valence-electron chi connectivity index (χ4n) is 3.11. The van der Waals surface area contributed by atoms with E-state index in [2.05, 4.69) is 30.5 Å². The van der Waals surface area contributed by atoms with Crippen molar-refractivity contribution in [3.05, 3.63) is 33.1 Å². The number of thiophene rings is 1. The van der Waals surface area contributed by atoms with Gasteiger partial charge in [-0.25, -0.2) is 19.9 Å². The Morgan fingerprint density at radius 3 is 3.04 bits per heavy atom.